The highest BCUT2D eigenvalue weighted by molar-refractivity contribution is 6.32. The maximum atomic E-state index is 13.0. The smallest absolute Gasteiger partial charge is 0.486 e. The van der Waals surface area contributed by atoms with E-state index in [1.165, 1.54) is 0 Å². The molecule has 7 nitrogen and oxygen atoms in total. The molecule has 4 rings (SSSR count). The number of Topliss-reactive ketones (excluding diaryl/α,β-unsaturated/α-hetero) is 1. The van der Waals surface area contributed by atoms with E-state index in [4.69, 9.17) is 25.8 Å². The van der Waals surface area contributed by atoms with Gasteiger partial charge >= 0.3 is 6.16 Å². The van der Waals surface area contributed by atoms with Crippen molar-refractivity contribution in [2.75, 3.05) is 19.7 Å². The van der Waals surface area contributed by atoms with E-state index in [2.05, 4.69) is 0 Å². The molecule has 0 unspecified atom stereocenters. The molecule has 1 fully saturated rings. The van der Waals surface area contributed by atoms with Gasteiger partial charge in [0.1, 0.15) is 17.1 Å². The second-order valence-electron chi connectivity index (χ2n) is 8.49. The van der Waals surface area contributed by atoms with E-state index in [1.807, 2.05) is 19.9 Å². The summed E-state index contributed by atoms with van der Waals surface area (Å²) in [6.07, 6.45) is 0.625. The van der Waals surface area contributed by atoms with Crippen molar-refractivity contribution in [2.45, 2.75) is 45.6 Å². The number of hydrogen-bond donors (Lipinski definition) is 0. The molecule has 174 valence electrons. The molecule has 2 aliphatic rings. The van der Waals surface area contributed by atoms with Crippen molar-refractivity contribution in [3.63, 3.8) is 0 Å². The quantitative estimate of drug-likeness (QED) is 0.455. The molecule has 0 bridgehead atoms. The SMILES string of the molecule is CCOC(=O)Oc1ccc(C(=O)N2CCC3(CC2)CC(=O)c2c(cc(C)c(Cl)c2C)O3)cc1. The van der Waals surface area contributed by atoms with Crippen molar-refractivity contribution in [3.05, 3.63) is 57.6 Å². The summed E-state index contributed by atoms with van der Waals surface area (Å²) < 4.78 is 16.1. The number of rotatable bonds is 3. The summed E-state index contributed by atoms with van der Waals surface area (Å²) in [7, 11) is 0. The van der Waals surface area contributed by atoms with Crippen LogP contribution in [-0.2, 0) is 4.74 Å². The van der Waals surface area contributed by atoms with Crippen molar-refractivity contribution in [2.24, 2.45) is 0 Å². The van der Waals surface area contributed by atoms with Gasteiger partial charge in [-0.3, -0.25) is 9.59 Å². The molecular weight excluding hydrogens is 446 g/mol. The lowest BCUT2D eigenvalue weighted by Crippen LogP contribution is -2.52. The minimum Gasteiger partial charge on any atom is -0.486 e. The number of halogens is 1. The number of ether oxygens (including phenoxy) is 3. The first-order valence-corrected chi connectivity index (χ1v) is 11.4. The van der Waals surface area contributed by atoms with Gasteiger partial charge in [0, 0.05) is 36.5 Å². The van der Waals surface area contributed by atoms with Crippen molar-refractivity contribution < 1.29 is 28.6 Å². The number of nitrogens with zero attached hydrogens (tertiary/aromatic N) is 1. The van der Waals surface area contributed by atoms with Crippen LogP contribution < -0.4 is 9.47 Å². The Hall–Kier alpha value is -3.06. The lowest BCUT2D eigenvalue weighted by atomic mass is 9.81. The molecule has 0 saturated carbocycles. The van der Waals surface area contributed by atoms with Crippen LogP contribution in [0.3, 0.4) is 0 Å². The third-order valence-electron chi connectivity index (χ3n) is 6.26. The van der Waals surface area contributed by atoms with Gasteiger partial charge in [-0.15, -0.1) is 0 Å². The van der Waals surface area contributed by atoms with Gasteiger partial charge in [0.2, 0.25) is 0 Å². The van der Waals surface area contributed by atoms with Crippen LogP contribution in [0.2, 0.25) is 5.02 Å². The van der Waals surface area contributed by atoms with Crippen molar-refractivity contribution >= 4 is 29.4 Å². The Morgan fingerprint density at radius 2 is 1.82 bits per heavy atom. The Kier molecular flexibility index (Phi) is 6.34. The highest BCUT2D eigenvalue weighted by atomic mass is 35.5. The van der Waals surface area contributed by atoms with Gasteiger partial charge in [0.15, 0.2) is 5.78 Å². The molecule has 2 aromatic carbocycles. The van der Waals surface area contributed by atoms with Gasteiger partial charge in [-0.05, 0) is 62.2 Å². The molecule has 0 N–H and O–H groups in total. The number of benzene rings is 2. The summed E-state index contributed by atoms with van der Waals surface area (Å²) in [6.45, 7) is 6.62. The fourth-order valence-corrected chi connectivity index (χ4v) is 4.64. The monoisotopic (exact) mass is 471 g/mol. The molecule has 1 saturated heterocycles. The minimum atomic E-state index is -0.783. The summed E-state index contributed by atoms with van der Waals surface area (Å²) in [6, 6.07) is 8.19. The lowest BCUT2D eigenvalue weighted by molar-refractivity contribution is -0.00581. The number of carbonyl (C=O) groups excluding carboxylic acids is 3. The first kappa shape index (κ1) is 23.1. The summed E-state index contributed by atoms with van der Waals surface area (Å²) in [5.41, 5.74) is 2.09. The Bertz CT molecular complexity index is 1100. The molecule has 0 aliphatic carbocycles. The number of aryl methyl sites for hydroxylation is 1. The van der Waals surface area contributed by atoms with Crippen LogP contribution in [-0.4, -0.2) is 48.0 Å². The molecule has 8 heteroatoms. The fraction of sp³-hybridized carbons (Fsp3) is 0.400. The van der Waals surface area contributed by atoms with Crippen LogP contribution in [0.5, 0.6) is 11.5 Å². The Balaban J connectivity index is 1.42. The number of hydrogen-bond acceptors (Lipinski definition) is 6. The largest absolute Gasteiger partial charge is 0.513 e. The topological polar surface area (TPSA) is 82.1 Å². The second kappa shape index (κ2) is 9.06. The van der Waals surface area contributed by atoms with Gasteiger partial charge in [-0.25, -0.2) is 4.79 Å². The normalized spacial score (nSPS) is 16.7. The van der Waals surface area contributed by atoms with Crippen LogP contribution in [0, 0.1) is 13.8 Å². The predicted molar refractivity (Wildman–Crippen MR) is 122 cm³/mol. The van der Waals surface area contributed by atoms with E-state index in [-0.39, 0.29) is 24.7 Å². The van der Waals surface area contributed by atoms with Gasteiger partial charge in [0.05, 0.1) is 18.6 Å². The van der Waals surface area contributed by atoms with E-state index in [9.17, 15) is 14.4 Å². The van der Waals surface area contributed by atoms with Crippen LogP contribution in [0.1, 0.15) is 58.0 Å². The van der Waals surface area contributed by atoms with Crippen LogP contribution in [0.25, 0.3) is 0 Å². The molecule has 0 atom stereocenters. The molecular formula is C25H26ClNO6. The van der Waals surface area contributed by atoms with Crippen molar-refractivity contribution in [1.29, 1.82) is 0 Å². The Labute approximate surface area is 197 Å². The third kappa shape index (κ3) is 4.55. The standard InChI is InChI=1S/C25H26ClNO6/c1-4-31-24(30)32-18-7-5-17(6-8-18)23(29)27-11-9-25(10-12-27)14-19(28)21-16(3)22(26)15(2)13-20(21)33-25/h5-8,13H,4,9-12,14H2,1-3H3. The second-order valence-corrected chi connectivity index (χ2v) is 8.87. The zero-order valence-electron chi connectivity index (χ0n) is 18.9. The van der Waals surface area contributed by atoms with E-state index in [0.29, 0.717) is 53.6 Å². The van der Waals surface area contributed by atoms with Crippen LogP contribution in [0.15, 0.2) is 30.3 Å². The first-order valence-electron chi connectivity index (χ1n) is 11.0. The molecule has 2 aromatic rings. The fourth-order valence-electron chi connectivity index (χ4n) is 4.49. The van der Waals surface area contributed by atoms with Gasteiger partial charge < -0.3 is 19.1 Å². The third-order valence-corrected chi connectivity index (χ3v) is 6.84. The maximum absolute atomic E-state index is 13.0. The van der Waals surface area contributed by atoms with Crippen molar-refractivity contribution in [3.8, 4) is 11.5 Å². The molecule has 1 spiro atoms. The lowest BCUT2D eigenvalue weighted by Gasteiger charge is -2.44. The van der Waals surface area contributed by atoms with Gasteiger partial charge in [0.25, 0.3) is 5.91 Å². The molecule has 0 aromatic heterocycles. The zero-order chi connectivity index (χ0) is 23.8. The molecule has 33 heavy (non-hydrogen) atoms. The Morgan fingerprint density at radius 1 is 1.15 bits per heavy atom. The van der Waals surface area contributed by atoms with Gasteiger partial charge in [-0.2, -0.15) is 0 Å². The van der Waals surface area contributed by atoms with Crippen LogP contribution >= 0.6 is 11.6 Å². The molecule has 2 aliphatic heterocycles. The number of amides is 1. The van der Waals surface area contributed by atoms with Crippen LogP contribution in [0.4, 0.5) is 4.79 Å². The Morgan fingerprint density at radius 3 is 2.45 bits per heavy atom. The first-order chi connectivity index (χ1) is 15.7. The molecule has 0 radical (unpaired) electrons. The minimum absolute atomic E-state index is 0.0348. The number of carbonyl (C=O) groups is 3. The number of piperidine rings is 1. The van der Waals surface area contributed by atoms with E-state index in [1.54, 1.807) is 36.1 Å². The average molecular weight is 472 g/mol. The highest BCUT2D eigenvalue weighted by Crippen LogP contribution is 2.43. The maximum Gasteiger partial charge on any atom is 0.513 e. The number of likely N-dealkylation sites (tertiary alicyclic amines) is 1. The zero-order valence-corrected chi connectivity index (χ0v) is 19.7. The highest BCUT2D eigenvalue weighted by Gasteiger charge is 2.44. The average Bonchev–Trinajstić information content (AvgIpc) is 2.78. The summed E-state index contributed by atoms with van der Waals surface area (Å²) in [5, 5.41) is 0.598. The van der Waals surface area contributed by atoms with E-state index < -0.39 is 11.8 Å². The number of ketones is 1. The van der Waals surface area contributed by atoms with E-state index >= 15 is 0 Å². The predicted octanol–water partition coefficient (Wildman–Crippen LogP) is 5.13. The molecule has 2 heterocycles. The summed E-state index contributed by atoms with van der Waals surface area (Å²) in [5.74, 6) is 0.810. The number of fused-ring (bicyclic) bond motifs is 1. The summed E-state index contributed by atoms with van der Waals surface area (Å²) in [4.78, 5) is 39.1. The van der Waals surface area contributed by atoms with E-state index in [0.717, 1.165) is 11.1 Å². The molecule has 1 amide bonds. The summed E-state index contributed by atoms with van der Waals surface area (Å²) >= 11 is 6.34. The van der Waals surface area contributed by atoms with Gasteiger partial charge in [-0.1, -0.05) is 11.6 Å². The van der Waals surface area contributed by atoms with Crippen molar-refractivity contribution in [1.82, 2.24) is 4.90 Å².